The van der Waals surface area contributed by atoms with E-state index in [0.717, 1.165) is 48.7 Å². The maximum absolute atomic E-state index is 5.59. The maximum atomic E-state index is 5.59. The third kappa shape index (κ3) is 2.59. The van der Waals surface area contributed by atoms with Crippen LogP contribution in [0.15, 0.2) is 0 Å². The zero-order valence-corrected chi connectivity index (χ0v) is 10.6. The third-order valence-corrected chi connectivity index (χ3v) is 4.26. The van der Waals surface area contributed by atoms with Crippen LogP contribution in [-0.4, -0.2) is 29.5 Å². The molecule has 0 atom stereocenters. The van der Waals surface area contributed by atoms with Crippen LogP contribution in [0.2, 0.25) is 0 Å². The smallest absolute Gasteiger partial charge is 0.120 e. The minimum absolute atomic E-state index is 0.0602. The molecule has 1 aliphatic carbocycles. The third-order valence-electron chi connectivity index (χ3n) is 3.27. The molecule has 0 aliphatic heterocycles. The summed E-state index contributed by atoms with van der Waals surface area (Å²) in [5, 5.41) is 10.6. The summed E-state index contributed by atoms with van der Waals surface area (Å²) in [7, 11) is 1.80. The van der Waals surface area contributed by atoms with Gasteiger partial charge in [-0.05, 0) is 32.2 Å². The van der Waals surface area contributed by atoms with E-state index in [9.17, 15) is 0 Å². The van der Waals surface area contributed by atoms with Crippen molar-refractivity contribution in [1.29, 1.82) is 0 Å². The van der Waals surface area contributed by atoms with Crippen LogP contribution in [0, 0.1) is 0 Å². The van der Waals surface area contributed by atoms with E-state index in [0.29, 0.717) is 0 Å². The fourth-order valence-electron chi connectivity index (χ4n) is 2.01. The van der Waals surface area contributed by atoms with Gasteiger partial charge in [0.2, 0.25) is 0 Å². The highest BCUT2D eigenvalue weighted by molar-refractivity contribution is 7.11. The second kappa shape index (κ2) is 5.21. The highest BCUT2D eigenvalue weighted by atomic mass is 32.1. The summed E-state index contributed by atoms with van der Waals surface area (Å²) < 4.78 is 5.59. The average Bonchev–Trinajstić information content (AvgIpc) is 2.68. The number of ether oxygens (including phenoxy) is 1. The summed E-state index contributed by atoms with van der Waals surface area (Å²) >= 11 is 1.71. The van der Waals surface area contributed by atoms with Gasteiger partial charge in [0.1, 0.15) is 10.0 Å². The lowest BCUT2D eigenvalue weighted by Crippen LogP contribution is -2.41. The molecule has 1 fully saturated rings. The molecular formula is C11H19N3OS. The molecule has 16 heavy (non-hydrogen) atoms. The number of hydrogen-bond donors (Lipinski definition) is 1. The van der Waals surface area contributed by atoms with Crippen molar-refractivity contribution in [2.75, 3.05) is 13.7 Å². The lowest BCUT2D eigenvalue weighted by atomic mass is 9.78. The minimum atomic E-state index is 0.0602. The van der Waals surface area contributed by atoms with Crippen LogP contribution in [0.4, 0.5) is 0 Å². The number of methoxy groups -OCH3 is 1. The molecule has 0 amide bonds. The van der Waals surface area contributed by atoms with Crippen molar-refractivity contribution in [3.05, 3.63) is 10.0 Å². The van der Waals surface area contributed by atoms with Gasteiger partial charge in [0.25, 0.3) is 0 Å². The molecule has 0 radical (unpaired) electrons. The number of aryl methyl sites for hydroxylation is 1. The molecule has 1 saturated carbocycles. The van der Waals surface area contributed by atoms with Crippen molar-refractivity contribution in [2.45, 2.75) is 44.1 Å². The van der Waals surface area contributed by atoms with Gasteiger partial charge in [-0.2, -0.15) is 0 Å². The second-order valence-corrected chi connectivity index (χ2v) is 5.55. The molecule has 2 N–H and O–H groups in total. The van der Waals surface area contributed by atoms with Crippen LogP contribution < -0.4 is 5.73 Å². The highest BCUT2D eigenvalue weighted by Crippen LogP contribution is 2.38. The Bertz CT molecular complexity index is 330. The van der Waals surface area contributed by atoms with Gasteiger partial charge >= 0.3 is 0 Å². The van der Waals surface area contributed by atoms with Crippen LogP contribution in [0.3, 0.4) is 0 Å². The average molecular weight is 241 g/mol. The molecule has 0 aromatic carbocycles. The number of nitrogens with two attached hydrogens (primary N) is 1. The van der Waals surface area contributed by atoms with Crippen LogP contribution in [-0.2, 0) is 17.6 Å². The Labute approximate surface area is 100 Å². The van der Waals surface area contributed by atoms with Gasteiger partial charge in [-0.3, -0.25) is 0 Å². The number of aromatic nitrogens is 2. The van der Waals surface area contributed by atoms with E-state index in [2.05, 4.69) is 10.2 Å². The van der Waals surface area contributed by atoms with Gasteiger partial charge in [-0.1, -0.05) is 0 Å². The molecule has 0 spiro atoms. The molecule has 0 unspecified atom stereocenters. The summed E-state index contributed by atoms with van der Waals surface area (Å²) in [4.78, 5) is 0. The van der Waals surface area contributed by atoms with Gasteiger partial charge in [0.15, 0.2) is 0 Å². The second-order valence-electron chi connectivity index (χ2n) is 4.40. The van der Waals surface area contributed by atoms with Crippen molar-refractivity contribution in [1.82, 2.24) is 10.2 Å². The topological polar surface area (TPSA) is 61.0 Å². The summed E-state index contributed by atoms with van der Waals surface area (Å²) in [6.07, 6.45) is 6.44. The molecule has 5 heteroatoms. The zero-order valence-electron chi connectivity index (χ0n) is 9.74. The zero-order chi connectivity index (χ0) is 11.4. The van der Waals surface area contributed by atoms with Gasteiger partial charge < -0.3 is 10.5 Å². The monoisotopic (exact) mass is 241 g/mol. The van der Waals surface area contributed by atoms with Crippen molar-refractivity contribution >= 4 is 11.3 Å². The summed E-state index contributed by atoms with van der Waals surface area (Å²) in [6, 6.07) is 0. The number of rotatable bonds is 6. The summed E-state index contributed by atoms with van der Waals surface area (Å²) in [6.45, 7) is 0.719. The molecule has 1 heterocycles. The Hall–Kier alpha value is -0.520. The predicted molar refractivity (Wildman–Crippen MR) is 64.6 cm³/mol. The van der Waals surface area contributed by atoms with E-state index >= 15 is 0 Å². The maximum Gasteiger partial charge on any atom is 0.120 e. The molecule has 0 bridgehead atoms. The molecule has 90 valence electrons. The van der Waals surface area contributed by atoms with Crippen molar-refractivity contribution < 1.29 is 4.74 Å². The van der Waals surface area contributed by atoms with Gasteiger partial charge in [-0.15, -0.1) is 21.5 Å². The lowest BCUT2D eigenvalue weighted by molar-refractivity contribution is -0.0709. The Balaban J connectivity index is 1.91. The van der Waals surface area contributed by atoms with E-state index in [1.165, 1.54) is 6.42 Å². The minimum Gasteiger partial charge on any atom is -0.378 e. The molecule has 1 aromatic rings. The normalized spacial score (nSPS) is 18.4. The SMILES string of the molecule is COC1(Cc2nnc(CCCN)s2)CCC1. The summed E-state index contributed by atoms with van der Waals surface area (Å²) in [5.41, 5.74) is 5.53. The Morgan fingerprint density at radius 3 is 2.69 bits per heavy atom. The number of hydrogen-bond acceptors (Lipinski definition) is 5. The van der Waals surface area contributed by atoms with E-state index in [-0.39, 0.29) is 5.60 Å². The predicted octanol–water partition coefficient (Wildman–Crippen LogP) is 1.54. The quantitative estimate of drug-likeness (QED) is 0.820. The largest absolute Gasteiger partial charge is 0.378 e. The van der Waals surface area contributed by atoms with Crippen molar-refractivity contribution in [2.24, 2.45) is 5.73 Å². The van der Waals surface area contributed by atoms with Crippen molar-refractivity contribution in [3.8, 4) is 0 Å². The fraction of sp³-hybridized carbons (Fsp3) is 0.818. The van der Waals surface area contributed by atoms with Crippen molar-refractivity contribution in [3.63, 3.8) is 0 Å². The highest BCUT2D eigenvalue weighted by Gasteiger charge is 2.38. The van der Waals surface area contributed by atoms with E-state index in [1.807, 2.05) is 0 Å². The lowest BCUT2D eigenvalue weighted by Gasteiger charge is -2.39. The van der Waals surface area contributed by atoms with Gasteiger partial charge in [-0.25, -0.2) is 0 Å². The Morgan fingerprint density at radius 2 is 2.12 bits per heavy atom. The first-order chi connectivity index (χ1) is 7.78. The molecule has 1 aromatic heterocycles. The van der Waals surface area contributed by atoms with E-state index in [1.54, 1.807) is 18.4 Å². The summed E-state index contributed by atoms with van der Waals surface area (Å²) in [5.74, 6) is 0. The van der Waals surface area contributed by atoms with E-state index in [4.69, 9.17) is 10.5 Å². The Kier molecular flexibility index (Phi) is 3.89. The first-order valence-electron chi connectivity index (χ1n) is 5.84. The van der Waals surface area contributed by atoms with Crippen LogP contribution in [0.25, 0.3) is 0 Å². The number of nitrogens with zero attached hydrogens (tertiary/aromatic N) is 2. The molecular weight excluding hydrogens is 222 g/mol. The first-order valence-corrected chi connectivity index (χ1v) is 6.66. The standard InChI is InChI=1S/C11H19N3OS/c1-15-11(5-3-6-11)8-10-14-13-9(16-10)4-2-7-12/h2-8,12H2,1H3. The van der Waals surface area contributed by atoms with Crippen LogP contribution in [0.1, 0.15) is 35.7 Å². The van der Waals surface area contributed by atoms with Crippen LogP contribution >= 0.6 is 11.3 Å². The molecule has 2 rings (SSSR count). The molecule has 1 aliphatic rings. The van der Waals surface area contributed by atoms with Crippen LogP contribution in [0.5, 0.6) is 0 Å². The van der Waals surface area contributed by atoms with Gasteiger partial charge in [0.05, 0.1) is 5.60 Å². The first kappa shape index (κ1) is 12.0. The van der Waals surface area contributed by atoms with Gasteiger partial charge in [0, 0.05) is 20.0 Å². The fourth-order valence-corrected chi connectivity index (χ4v) is 3.03. The molecule has 4 nitrogen and oxygen atoms in total. The molecule has 0 saturated heterocycles. The van der Waals surface area contributed by atoms with E-state index < -0.39 is 0 Å². The Morgan fingerprint density at radius 1 is 1.38 bits per heavy atom.